The number of nitrogens with zero attached hydrogens (tertiary/aromatic N) is 2. The molecule has 136 valence electrons. The molecule has 0 saturated heterocycles. The summed E-state index contributed by atoms with van der Waals surface area (Å²) in [4.78, 5) is 19.4. The molecule has 0 bridgehead atoms. The van der Waals surface area contributed by atoms with Crippen molar-refractivity contribution in [2.24, 2.45) is 0 Å². The number of hydrogen-bond acceptors (Lipinski definition) is 2. The highest BCUT2D eigenvalue weighted by Gasteiger charge is 2.47. The Morgan fingerprint density at radius 2 is 1.52 bits per heavy atom. The van der Waals surface area contributed by atoms with Gasteiger partial charge in [-0.3, -0.25) is 9.78 Å². The molecule has 2 heterocycles. The summed E-state index contributed by atoms with van der Waals surface area (Å²) in [5.74, 6) is 0.0185. The largest absolute Gasteiger partial charge is 0.302 e. The minimum atomic E-state index is -0.334. The van der Waals surface area contributed by atoms with E-state index in [-0.39, 0.29) is 16.9 Å². The van der Waals surface area contributed by atoms with Crippen LogP contribution in [0.4, 0.5) is 5.69 Å². The van der Waals surface area contributed by atoms with Crippen LogP contribution in [0.2, 0.25) is 0 Å². The Balaban J connectivity index is 1.90. The molecule has 0 saturated carbocycles. The Kier molecular flexibility index (Phi) is 4.11. The van der Waals surface area contributed by atoms with Gasteiger partial charge in [-0.25, -0.2) is 0 Å². The number of pyridine rings is 1. The van der Waals surface area contributed by atoms with Gasteiger partial charge < -0.3 is 4.90 Å². The third-order valence-electron chi connectivity index (χ3n) is 5.67. The number of rotatable bonds is 2. The average Bonchev–Trinajstić information content (AvgIpc) is 2.68. The molecular formula is C24H24N2O. The quantitative estimate of drug-likeness (QED) is 0.631. The Labute approximate surface area is 160 Å². The first kappa shape index (κ1) is 17.5. The lowest BCUT2D eigenvalue weighted by atomic mass is 9.65. The van der Waals surface area contributed by atoms with Gasteiger partial charge in [0.2, 0.25) is 0 Å². The van der Waals surface area contributed by atoms with Crippen LogP contribution >= 0.6 is 0 Å². The molecule has 0 unspecified atom stereocenters. The normalized spacial score (nSPS) is 20.8. The molecule has 0 radical (unpaired) electrons. The van der Waals surface area contributed by atoms with Gasteiger partial charge in [-0.05, 0) is 49.6 Å². The molecule has 0 N–H and O–H groups in total. The van der Waals surface area contributed by atoms with Crippen molar-refractivity contribution in [3.8, 4) is 0 Å². The van der Waals surface area contributed by atoms with Gasteiger partial charge in [-0.2, -0.15) is 0 Å². The third kappa shape index (κ3) is 2.84. The average molecular weight is 356 g/mol. The number of para-hydroxylation sites is 1. The summed E-state index contributed by atoms with van der Waals surface area (Å²) in [6, 6.07) is 22.5. The lowest BCUT2D eigenvalue weighted by Crippen LogP contribution is -2.55. The number of carbonyl (C=O) groups excluding carboxylic acids is 1. The number of carbonyl (C=O) groups is 1. The van der Waals surface area contributed by atoms with E-state index in [1.165, 1.54) is 11.1 Å². The molecule has 0 aliphatic carbocycles. The number of anilines is 1. The van der Waals surface area contributed by atoms with E-state index in [0.29, 0.717) is 5.56 Å². The van der Waals surface area contributed by atoms with Crippen molar-refractivity contribution in [3.05, 3.63) is 95.8 Å². The highest BCUT2D eigenvalue weighted by molar-refractivity contribution is 6.08. The van der Waals surface area contributed by atoms with Crippen molar-refractivity contribution in [3.63, 3.8) is 0 Å². The molecule has 1 aliphatic rings. The predicted octanol–water partition coefficient (Wildman–Crippen LogP) is 5.22. The van der Waals surface area contributed by atoms with Crippen LogP contribution in [0.15, 0.2) is 79.1 Å². The minimum absolute atomic E-state index is 0.0185. The van der Waals surface area contributed by atoms with Crippen molar-refractivity contribution in [1.29, 1.82) is 0 Å². The van der Waals surface area contributed by atoms with Gasteiger partial charge in [0.15, 0.2) is 0 Å². The molecule has 3 nitrogen and oxygen atoms in total. The first-order valence-corrected chi connectivity index (χ1v) is 9.33. The first-order valence-electron chi connectivity index (χ1n) is 9.33. The molecule has 1 aliphatic heterocycles. The van der Waals surface area contributed by atoms with E-state index >= 15 is 0 Å². The van der Waals surface area contributed by atoms with E-state index in [2.05, 4.69) is 68.2 Å². The van der Waals surface area contributed by atoms with Crippen LogP contribution in [-0.4, -0.2) is 16.4 Å². The summed E-state index contributed by atoms with van der Waals surface area (Å²) in [6.07, 6.45) is 4.19. The smallest absolute Gasteiger partial charge is 0.258 e. The van der Waals surface area contributed by atoms with Crippen LogP contribution in [0.3, 0.4) is 0 Å². The van der Waals surface area contributed by atoms with Crippen LogP contribution in [-0.2, 0) is 5.41 Å². The van der Waals surface area contributed by atoms with E-state index in [1.54, 1.807) is 24.5 Å². The van der Waals surface area contributed by atoms with Crippen LogP contribution in [0, 0.1) is 0 Å². The van der Waals surface area contributed by atoms with Gasteiger partial charge in [0.25, 0.3) is 5.91 Å². The number of fused-ring (bicyclic) bond motifs is 1. The standard InChI is InChI=1S/C24H24N2O/c1-23(2)17-24(3,19-9-5-4-6-10-19)20-11-7-8-12-21(20)26(23)22(27)18-13-15-25-16-14-18/h4-16H,17H2,1-3H3/t24-/m0/s1. The monoisotopic (exact) mass is 356 g/mol. The second kappa shape index (κ2) is 6.34. The van der Waals surface area contributed by atoms with Gasteiger partial charge in [-0.1, -0.05) is 55.5 Å². The van der Waals surface area contributed by atoms with Crippen LogP contribution in [0.25, 0.3) is 0 Å². The minimum Gasteiger partial charge on any atom is -0.302 e. The maximum absolute atomic E-state index is 13.4. The fraction of sp³-hybridized carbons (Fsp3) is 0.250. The molecule has 27 heavy (non-hydrogen) atoms. The van der Waals surface area contributed by atoms with Gasteiger partial charge in [-0.15, -0.1) is 0 Å². The van der Waals surface area contributed by atoms with E-state index in [0.717, 1.165) is 12.1 Å². The molecule has 3 aromatic rings. The Morgan fingerprint density at radius 1 is 0.889 bits per heavy atom. The molecule has 0 fully saturated rings. The van der Waals surface area contributed by atoms with Gasteiger partial charge in [0, 0.05) is 34.6 Å². The number of aromatic nitrogens is 1. The zero-order valence-electron chi connectivity index (χ0n) is 16.0. The van der Waals surface area contributed by atoms with Crippen molar-refractivity contribution >= 4 is 11.6 Å². The lowest BCUT2D eigenvalue weighted by molar-refractivity contribution is 0.0948. The number of amides is 1. The predicted molar refractivity (Wildman–Crippen MR) is 109 cm³/mol. The van der Waals surface area contributed by atoms with Crippen LogP contribution in [0.5, 0.6) is 0 Å². The van der Waals surface area contributed by atoms with Crippen molar-refractivity contribution in [2.75, 3.05) is 4.90 Å². The van der Waals surface area contributed by atoms with E-state index < -0.39 is 0 Å². The summed E-state index contributed by atoms with van der Waals surface area (Å²) in [6.45, 7) is 6.60. The molecule has 1 aromatic heterocycles. The van der Waals surface area contributed by atoms with Crippen molar-refractivity contribution < 1.29 is 4.79 Å². The van der Waals surface area contributed by atoms with Crippen LogP contribution in [0.1, 0.15) is 48.7 Å². The second-order valence-electron chi connectivity index (χ2n) is 8.08. The molecule has 1 atom stereocenters. The Morgan fingerprint density at radius 3 is 2.22 bits per heavy atom. The lowest BCUT2D eigenvalue weighted by Gasteiger charge is -2.51. The van der Waals surface area contributed by atoms with Crippen molar-refractivity contribution in [2.45, 2.75) is 38.1 Å². The molecule has 0 spiro atoms. The van der Waals surface area contributed by atoms with E-state index in [9.17, 15) is 4.79 Å². The highest BCUT2D eigenvalue weighted by atomic mass is 16.2. The summed E-state index contributed by atoms with van der Waals surface area (Å²) in [5.41, 5.74) is 3.63. The fourth-order valence-corrected chi connectivity index (χ4v) is 4.57. The SMILES string of the molecule is CC1(C)C[C@@](C)(c2ccccc2)c2ccccc2N1C(=O)c1ccncc1. The molecule has 2 aromatic carbocycles. The fourth-order valence-electron chi connectivity index (χ4n) is 4.57. The number of benzene rings is 2. The molecule has 4 rings (SSSR count). The topological polar surface area (TPSA) is 33.2 Å². The summed E-state index contributed by atoms with van der Waals surface area (Å²) < 4.78 is 0. The Hall–Kier alpha value is -2.94. The van der Waals surface area contributed by atoms with Gasteiger partial charge in [0.05, 0.1) is 0 Å². The van der Waals surface area contributed by atoms with Crippen LogP contribution < -0.4 is 4.90 Å². The Bertz CT molecular complexity index is 966. The van der Waals surface area contributed by atoms with E-state index in [1.807, 2.05) is 17.0 Å². The molecule has 1 amide bonds. The summed E-state index contributed by atoms with van der Waals surface area (Å²) >= 11 is 0. The number of hydrogen-bond donors (Lipinski definition) is 0. The van der Waals surface area contributed by atoms with Crippen molar-refractivity contribution in [1.82, 2.24) is 4.98 Å². The molecular weight excluding hydrogens is 332 g/mol. The van der Waals surface area contributed by atoms with Gasteiger partial charge >= 0.3 is 0 Å². The maximum atomic E-state index is 13.4. The zero-order chi connectivity index (χ0) is 19.1. The third-order valence-corrected chi connectivity index (χ3v) is 5.67. The van der Waals surface area contributed by atoms with Gasteiger partial charge in [0.1, 0.15) is 0 Å². The zero-order valence-corrected chi connectivity index (χ0v) is 16.0. The summed E-state index contributed by atoms with van der Waals surface area (Å²) in [5, 5.41) is 0. The highest BCUT2D eigenvalue weighted by Crippen LogP contribution is 2.50. The van der Waals surface area contributed by atoms with E-state index in [4.69, 9.17) is 0 Å². The first-order chi connectivity index (χ1) is 12.9. The maximum Gasteiger partial charge on any atom is 0.258 e. The summed E-state index contributed by atoms with van der Waals surface area (Å²) in [7, 11) is 0. The second-order valence-corrected chi connectivity index (χ2v) is 8.08. The molecule has 3 heteroatoms.